The quantitative estimate of drug-likeness (QED) is 0.808. The molecule has 0 atom stereocenters. The topological polar surface area (TPSA) is 54.5 Å². The highest BCUT2D eigenvalue weighted by Gasteiger charge is 2.28. The molecule has 1 heterocycles. The number of nitriles is 1. The van der Waals surface area contributed by atoms with Crippen LogP contribution >= 0.6 is 0 Å². The number of hydrogen-bond acceptors (Lipinski definition) is 3. The van der Waals surface area contributed by atoms with Gasteiger partial charge in [0.25, 0.3) is 0 Å². The van der Waals surface area contributed by atoms with E-state index in [1.54, 1.807) is 0 Å². The van der Waals surface area contributed by atoms with E-state index in [1.165, 1.54) is 44.9 Å². The van der Waals surface area contributed by atoms with Crippen LogP contribution < -0.4 is 0 Å². The third-order valence-corrected chi connectivity index (χ3v) is 4.52. The van der Waals surface area contributed by atoms with E-state index in [2.05, 4.69) is 37.2 Å². The summed E-state index contributed by atoms with van der Waals surface area (Å²) in [7, 11) is 0. The maximum absolute atomic E-state index is 9.25. The predicted octanol–water partition coefficient (Wildman–Crippen LogP) is 4.19. The van der Waals surface area contributed by atoms with Gasteiger partial charge < -0.3 is 0 Å². The summed E-state index contributed by atoms with van der Waals surface area (Å²) in [4.78, 5) is 0. The van der Waals surface area contributed by atoms with Crippen LogP contribution in [0.1, 0.15) is 89.1 Å². The first kappa shape index (κ1) is 15.0. The van der Waals surface area contributed by atoms with Crippen molar-refractivity contribution in [1.82, 2.24) is 15.0 Å². The fourth-order valence-electron chi connectivity index (χ4n) is 3.36. The van der Waals surface area contributed by atoms with E-state index < -0.39 is 0 Å². The summed E-state index contributed by atoms with van der Waals surface area (Å²) < 4.78 is 1.95. The van der Waals surface area contributed by atoms with Crippen molar-refractivity contribution in [2.24, 2.45) is 5.92 Å². The van der Waals surface area contributed by atoms with Crippen LogP contribution in [0.25, 0.3) is 0 Å². The first-order chi connectivity index (χ1) is 9.67. The standard InChI is InChI=1S/C16H26N4/c1-4-5-6-13-7-9-14(10-8-13)16-15(11-17)18-19-20(16)12(2)3/h12-14H,4-10H2,1-3H3. The molecule has 0 radical (unpaired) electrons. The minimum Gasteiger partial charge on any atom is -0.245 e. The summed E-state index contributed by atoms with van der Waals surface area (Å²) in [6.45, 7) is 6.47. The van der Waals surface area contributed by atoms with Gasteiger partial charge >= 0.3 is 0 Å². The van der Waals surface area contributed by atoms with Gasteiger partial charge in [-0.2, -0.15) is 5.26 Å². The lowest BCUT2D eigenvalue weighted by Gasteiger charge is -2.29. The van der Waals surface area contributed by atoms with Crippen LogP contribution in [0, 0.1) is 17.2 Å². The smallest absolute Gasteiger partial charge is 0.186 e. The fourth-order valence-corrected chi connectivity index (χ4v) is 3.36. The summed E-state index contributed by atoms with van der Waals surface area (Å²) in [5, 5.41) is 17.5. The summed E-state index contributed by atoms with van der Waals surface area (Å²) in [6, 6.07) is 2.49. The van der Waals surface area contributed by atoms with Crippen molar-refractivity contribution in [3.8, 4) is 6.07 Å². The predicted molar refractivity (Wildman–Crippen MR) is 79.3 cm³/mol. The molecule has 0 unspecified atom stereocenters. The Balaban J connectivity index is 2.07. The maximum atomic E-state index is 9.25. The minimum absolute atomic E-state index is 0.275. The third-order valence-electron chi connectivity index (χ3n) is 4.52. The Bertz CT molecular complexity index is 461. The van der Waals surface area contributed by atoms with Crippen LogP contribution in [-0.2, 0) is 0 Å². The Kier molecular flexibility index (Phi) is 5.17. The van der Waals surface area contributed by atoms with E-state index >= 15 is 0 Å². The van der Waals surface area contributed by atoms with Gasteiger partial charge in [-0.3, -0.25) is 0 Å². The molecule has 0 aliphatic heterocycles. The van der Waals surface area contributed by atoms with E-state index in [0.717, 1.165) is 11.6 Å². The molecule has 1 aromatic rings. The molecule has 1 aromatic heterocycles. The highest BCUT2D eigenvalue weighted by molar-refractivity contribution is 5.28. The van der Waals surface area contributed by atoms with Crippen LogP contribution in [0.15, 0.2) is 0 Å². The van der Waals surface area contributed by atoms with Crippen LogP contribution in [-0.4, -0.2) is 15.0 Å². The largest absolute Gasteiger partial charge is 0.245 e. The molecule has 2 rings (SSSR count). The summed E-state index contributed by atoms with van der Waals surface area (Å²) in [6.07, 6.45) is 8.97. The first-order valence-corrected chi connectivity index (χ1v) is 8.02. The molecule has 1 saturated carbocycles. The van der Waals surface area contributed by atoms with Crippen molar-refractivity contribution in [1.29, 1.82) is 5.26 Å². The molecule has 1 aliphatic rings. The van der Waals surface area contributed by atoms with Gasteiger partial charge in [-0.1, -0.05) is 31.4 Å². The third kappa shape index (κ3) is 3.20. The lowest BCUT2D eigenvalue weighted by atomic mass is 9.78. The van der Waals surface area contributed by atoms with Crippen molar-refractivity contribution in [2.45, 2.75) is 77.7 Å². The van der Waals surface area contributed by atoms with Gasteiger partial charge in [-0.25, -0.2) is 4.68 Å². The van der Waals surface area contributed by atoms with Crippen molar-refractivity contribution in [3.05, 3.63) is 11.4 Å². The second-order valence-electron chi connectivity index (χ2n) is 6.33. The molecule has 0 saturated heterocycles. The molecule has 4 heteroatoms. The van der Waals surface area contributed by atoms with E-state index in [-0.39, 0.29) is 6.04 Å². The van der Waals surface area contributed by atoms with Crippen molar-refractivity contribution >= 4 is 0 Å². The molecule has 0 bridgehead atoms. The number of rotatable bonds is 5. The van der Waals surface area contributed by atoms with Gasteiger partial charge in [0, 0.05) is 12.0 Å². The van der Waals surface area contributed by atoms with E-state index in [0.29, 0.717) is 11.6 Å². The first-order valence-electron chi connectivity index (χ1n) is 8.02. The van der Waals surface area contributed by atoms with Crippen LogP contribution in [0.4, 0.5) is 0 Å². The number of nitrogens with zero attached hydrogens (tertiary/aromatic N) is 4. The normalized spacial score (nSPS) is 22.9. The molecule has 20 heavy (non-hydrogen) atoms. The lowest BCUT2D eigenvalue weighted by Crippen LogP contribution is -2.18. The highest BCUT2D eigenvalue weighted by Crippen LogP contribution is 2.38. The van der Waals surface area contributed by atoms with Crippen molar-refractivity contribution in [3.63, 3.8) is 0 Å². The van der Waals surface area contributed by atoms with E-state index in [4.69, 9.17) is 0 Å². The molecular weight excluding hydrogens is 248 g/mol. The number of aromatic nitrogens is 3. The molecule has 0 spiro atoms. The van der Waals surface area contributed by atoms with Crippen LogP contribution in [0.3, 0.4) is 0 Å². The van der Waals surface area contributed by atoms with E-state index in [9.17, 15) is 5.26 Å². The molecular formula is C16H26N4. The Morgan fingerprint density at radius 3 is 2.55 bits per heavy atom. The van der Waals surface area contributed by atoms with E-state index in [1.807, 2.05) is 4.68 Å². The Labute approximate surface area is 122 Å². The van der Waals surface area contributed by atoms with Crippen molar-refractivity contribution in [2.75, 3.05) is 0 Å². The Morgan fingerprint density at radius 1 is 1.30 bits per heavy atom. The average Bonchev–Trinajstić information content (AvgIpc) is 2.89. The summed E-state index contributed by atoms with van der Waals surface area (Å²) in [5.41, 5.74) is 1.62. The van der Waals surface area contributed by atoms with Gasteiger partial charge in [-0.15, -0.1) is 5.10 Å². The van der Waals surface area contributed by atoms with Crippen LogP contribution in [0.5, 0.6) is 0 Å². The van der Waals surface area contributed by atoms with Gasteiger partial charge in [0.1, 0.15) is 6.07 Å². The van der Waals surface area contributed by atoms with Gasteiger partial charge in [0.2, 0.25) is 0 Å². The number of unbranched alkanes of at least 4 members (excludes halogenated alkanes) is 1. The maximum Gasteiger partial charge on any atom is 0.186 e. The molecule has 1 aliphatic carbocycles. The minimum atomic E-state index is 0.275. The van der Waals surface area contributed by atoms with Gasteiger partial charge in [-0.05, 0) is 45.4 Å². The van der Waals surface area contributed by atoms with Gasteiger partial charge in [0.05, 0.1) is 5.69 Å². The monoisotopic (exact) mass is 274 g/mol. The summed E-state index contributed by atoms with van der Waals surface area (Å²) >= 11 is 0. The Hall–Kier alpha value is -1.37. The number of hydrogen-bond donors (Lipinski definition) is 0. The molecule has 4 nitrogen and oxygen atoms in total. The Morgan fingerprint density at radius 2 is 2.00 bits per heavy atom. The SMILES string of the molecule is CCCCC1CCC(c2c(C#N)nnn2C(C)C)CC1. The zero-order chi connectivity index (χ0) is 14.5. The van der Waals surface area contributed by atoms with Gasteiger partial charge in [0.15, 0.2) is 5.69 Å². The highest BCUT2D eigenvalue weighted by atomic mass is 15.4. The van der Waals surface area contributed by atoms with Crippen LogP contribution in [0.2, 0.25) is 0 Å². The molecule has 110 valence electrons. The second kappa shape index (κ2) is 6.88. The zero-order valence-electron chi connectivity index (χ0n) is 13.0. The fraction of sp³-hybridized carbons (Fsp3) is 0.812. The second-order valence-corrected chi connectivity index (χ2v) is 6.33. The average molecular weight is 274 g/mol. The zero-order valence-corrected chi connectivity index (χ0v) is 13.0. The summed E-state index contributed by atoms with van der Waals surface area (Å²) in [5.74, 6) is 1.36. The lowest BCUT2D eigenvalue weighted by molar-refractivity contribution is 0.293. The molecule has 0 N–H and O–H groups in total. The molecule has 0 aromatic carbocycles. The van der Waals surface area contributed by atoms with Crippen molar-refractivity contribution < 1.29 is 0 Å². The molecule has 1 fully saturated rings. The molecule has 0 amide bonds.